The number of nitrogens with one attached hydrogen (secondary N) is 1. The van der Waals surface area contributed by atoms with Gasteiger partial charge in [0.05, 0.1) is 5.69 Å². The Morgan fingerprint density at radius 3 is 3.04 bits per heavy atom. The van der Waals surface area contributed by atoms with Crippen LogP contribution in [0.4, 0.5) is 0 Å². The summed E-state index contributed by atoms with van der Waals surface area (Å²) < 4.78 is 2.87. The van der Waals surface area contributed by atoms with Crippen LogP contribution in [0.5, 0.6) is 0 Å². The monoisotopic (exact) mass is 341 g/mol. The summed E-state index contributed by atoms with van der Waals surface area (Å²) in [5.74, 6) is 0. The first-order valence-electron chi connectivity index (χ1n) is 7.38. The van der Waals surface area contributed by atoms with Gasteiger partial charge in [0.15, 0.2) is 4.96 Å². The maximum Gasteiger partial charge on any atom is 0.258 e. The summed E-state index contributed by atoms with van der Waals surface area (Å²) in [6.07, 6.45) is 1.76. The zero-order valence-electron chi connectivity index (χ0n) is 12.5. The van der Waals surface area contributed by atoms with E-state index in [-0.39, 0.29) is 11.6 Å². The Balaban J connectivity index is 1.53. The van der Waals surface area contributed by atoms with E-state index < -0.39 is 0 Å². The van der Waals surface area contributed by atoms with Gasteiger partial charge in [0.25, 0.3) is 5.56 Å². The Morgan fingerprint density at radius 2 is 2.17 bits per heavy atom. The number of hydrogen-bond donors (Lipinski definition) is 1. The Labute approximate surface area is 141 Å². The highest BCUT2D eigenvalue weighted by atomic mass is 32.1. The van der Waals surface area contributed by atoms with Crippen LogP contribution in [0.2, 0.25) is 0 Å². The average Bonchev–Trinajstić information content (AvgIpc) is 3.19. The smallest absolute Gasteiger partial charge is 0.258 e. The van der Waals surface area contributed by atoms with E-state index in [1.807, 2.05) is 5.38 Å². The molecular weight excluding hydrogens is 326 g/mol. The van der Waals surface area contributed by atoms with Gasteiger partial charge in [0.2, 0.25) is 0 Å². The molecule has 0 unspecified atom stereocenters. The highest BCUT2D eigenvalue weighted by molar-refractivity contribution is 7.19. The number of rotatable bonds is 4. The minimum atomic E-state index is -0.0254. The summed E-state index contributed by atoms with van der Waals surface area (Å²) in [5, 5.41) is 6.62. The van der Waals surface area contributed by atoms with Gasteiger partial charge in [-0.15, -0.1) is 22.7 Å². The molecule has 3 aromatic heterocycles. The first-order chi connectivity index (χ1) is 11.2. The third-order valence-electron chi connectivity index (χ3n) is 3.82. The van der Waals surface area contributed by atoms with E-state index >= 15 is 0 Å². The molecule has 0 radical (unpaired) electrons. The second-order valence-corrected chi connectivity index (χ2v) is 7.42. The largest absolute Gasteiger partial charge is 0.304 e. The predicted molar refractivity (Wildman–Crippen MR) is 96.4 cm³/mol. The molecule has 23 heavy (non-hydrogen) atoms. The fourth-order valence-corrected chi connectivity index (χ4v) is 4.38. The molecule has 0 aliphatic carbocycles. The maximum absolute atomic E-state index is 12.0. The van der Waals surface area contributed by atoms with Crippen molar-refractivity contribution >= 4 is 37.7 Å². The number of fused-ring (bicyclic) bond motifs is 2. The van der Waals surface area contributed by atoms with Crippen LogP contribution in [-0.2, 0) is 6.54 Å². The van der Waals surface area contributed by atoms with E-state index in [0.717, 1.165) is 10.7 Å². The molecule has 1 N–H and O–H groups in total. The first-order valence-corrected chi connectivity index (χ1v) is 9.08. The van der Waals surface area contributed by atoms with Crippen molar-refractivity contribution < 1.29 is 0 Å². The third-order valence-corrected chi connectivity index (χ3v) is 5.87. The zero-order valence-corrected chi connectivity index (χ0v) is 14.2. The van der Waals surface area contributed by atoms with Crippen molar-refractivity contribution in [3.63, 3.8) is 0 Å². The van der Waals surface area contributed by atoms with Gasteiger partial charge in [-0.2, -0.15) is 0 Å². The standard InChI is InChI=1S/C17H15N3OS2/c1-11(15-8-12-4-2-3-5-14(12)23-15)18-10-13-9-16(21)20-6-7-22-17(20)19-13/h2-9,11,18H,10H2,1H3/t11-/m1/s1. The summed E-state index contributed by atoms with van der Waals surface area (Å²) in [7, 11) is 0. The fraction of sp³-hybridized carbons (Fsp3) is 0.176. The highest BCUT2D eigenvalue weighted by Gasteiger charge is 2.10. The minimum Gasteiger partial charge on any atom is -0.304 e. The molecule has 0 spiro atoms. The summed E-state index contributed by atoms with van der Waals surface area (Å²) in [6, 6.07) is 12.4. The van der Waals surface area contributed by atoms with E-state index in [1.54, 1.807) is 28.0 Å². The SMILES string of the molecule is C[C@@H](NCc1cc(=O)n2ccsc2n1)c1cc2ccccc2s1. The van der Waals surface area contributed by atoms with Crippen molar-refractivity contribution in [2.24, 2.45) is 0 Å². The molecule has 6 heteroatoms. The Kier molecular flexibility index (Phi) is 3.72. The molecule has 1 aromatic carbocycles. The van der Waals surface area contributed by atoms with E-state index in [4.69, 9.17) is 0 Å². The summed E-state index contributed by atoms with van der Waals surface area (Å²) in [6.45, 7) is 2.72. The van der Waals surface area contributed by atoms with Crippen molar-refractivity contribution in [2.75, 3.05) is 0 Å². The van der Waals surface area contributed by atoms with E-state index in [2.05, 4.69) is 47.6 Å². The molecule has 0 saturated heterocycles. The van der Waals surface area contributed by atoms with Crippen LogP contribution in [0, 0.1) is 0 Å². The summed E-state index contributed by atoms with van der Waals surface area (Å²) in [4.78, 5) is 18.6. The van der Waals surface area contributed by atoms with Crippen molar-refractivity contribution in [3.05, 3.63) is 68.9 Å². The van der Waals surface area contributed by atoms with Crippen LogP contribution in [0.25, 0.3) is 15.0 Å². The number of thiophene rings is 1. The van der Waals surface area contributed by atoms with Crippen LogP contribution >= 0.6 is 22.7 Å². The minimum absolute atomic E-state index is 0.0254. The van der Waals surface area contributed by atoms with Gasteiger partial charge in [-0.1, -0.05) is 18.2 Å². The highest BCUT2D eigenvalue weighted by Crippen LogP contribution is 2.29. The second-order valence-electron chi connectivity index (χ2n) is 5.43. The van der Waals surface area contributed by atoms with Gasteiger partial charge in [0, 0.05) is 39.8 Å². The molecule has 4 nitrogen and oxygen atoms in total. The van der Waals surface area contributed by atoms with Gasteiger partial charge in [0.1, 0.15) is 0 Å². The molecule has 4 aromatic rings. The van der Waals surface area contributed by atoms with Crippen LogP contribution in [0.3, 0.4) is 0 Å². The average molecular weight is 341 g/mol. The number of nitrogens with zero attached hydrogens (tertiary/aromatic N) is 2. The molecule has 116 valence electrons. The van der Waals surface area contributed by atoms with Crippen molar-refractivity contribution in [1.29, 1.82) is 0 Å². The van der Waals surface area contributed by atoms with E-state index in [9.17, 15) is 4.79 Å². The molecule has 3 heterocycles. The number of thiazole rings is 1. The van der Waals surface area contributed by atoms with Gasteiger partial charge in [-0.3, -0.25) is 9.20 Å². The quantitative estimate of drug-likeness (QED) is 0.614. The van der Waals surface area contributed by atoms with Crippen LogP contribution in [0.15, 0.2) is 52.8 Å². The third kappa shape index (κ3) is 2.81. The van der Waals surface area contributed by atoms with Gasteiger partial charge < -0.3 is 5.32 Å². The molecule has 0 aliphatic heterocycles. The van der Waals surface area contributed by atoms with Crippen LogP contribution < -0.4 is 10.9 Å². The summed E-state index contributed by atoms with van der Waals surface area (Å²) >= 11 is 3.28. The molecule has 4 rings (SSSR count). The Hall–Kier alpha value is -2.02. The number of hydrogen-bond acceptors (Lipinski definition) is 5. The van der Waals surface area contributed by atoms with Crippen LogP contribution in [0.1, 0.15) is 23.5 Å². The summed E-state index contributed by atoms with van der Waals surface area (Å²) in [5.41, 5.74) is 0.757. The lowest BCUT2D eigenvalue weighted by atomic mass is 10.2. The molecule has 0 aliphatic rings. The van der Waals surface area contributed by atoms with Crippen molar-refractivity contribution in [3.8, 4) is 0 Å². The fourth-order valence-electron chi connectivity index (χ4n) is 2.55. The molecule has 0 saturated carbocycles. The molecule has 0 fully saturated rings. The first kappa shape index (κ1) is 14.6. The lowest BCUT2D eigenvalue weighted by Gasteiger charge is -2.11. The normalized spacial score (nSPS) is 12.9. The Bertz CT molecular complexity index is 998. The molecular formula is C17H15N3OS2. The lowest BCUT2D eigenvalue weighted by Crippen LogP contribution is -2.21. The molecule has 0 bridgehead atoms. The van der Waals surface area contributed by atoms with Gasteiger partial charge >= 0.3 is 0 Å². The van der Waals surface area contributed by atoms with Crippen molar-refractivity contribution in [1.82, 2.24) is 14.7 Å². The lowest BCUT2D eigenvalue weighted by molar-refractivity contribution is 0.575. The topological polar surface area (TPSA) is 46.4 Å². The van der Waals surface area contributed by atoms with Crippen molar-refractivity contribution in [2.45, 2.75) is 19.5 Å². The molecule has 0 amide bonds. The van der Waals surface area contributed by atoms with Gasteiger partial charge in [-0.25, -0.2) is 4.98 Å². The van der Waals surface area contributed by atoms with Crippen LogP contribution in [-0.4, -0.2) is 9.38 Å². The zero-order chi connectivity index (χ0) is 15.8. The predicted octanol–water partition coefficient (Wildman–Crippen LogP) is 3.82. The maximum atomic E-state index is 12.0. The van der Waals surface area contributed by atoms with Gasteiger partial charge in [-0.05, 0) is 24.4 Å². The Morgan fingerprint density at radius 1 is 1.30 bits per heavy atom. The second kappa shape index (κ2) is 5.88. The van der Waals surface area contributed by atoms with E-state index in [0.29, 0.717) is 6.54 Å². The molecule has 1 atom stereocenters. The number of aromatic nitrogens is 2. The number of benzene rings is 1. The van der Waals surface area contributed by atoms with E-state index in [1.165, 1.54) is 26.3 Å².